The van der Waals surface area contributed by atoms with Gasteiger partial charge in [-0.05, 0) is 99.7 Å². The Kier molecular flexibility index (Phi) is 12.7. The molecule has 4 rings (SSSR count). The number of allylic oxidation sites excluding steroid dienone is 3. The number of fused-ring (bicyclic) bond motifs is 3. The van der Waals surface area contributed by atoms with E-state index in [9.17, 15) is 24.0 Å². The van der Waals surface area contributed by atoms with Crippen LogP contribution in [0.5, 0.6) is 0 Å². The Morgan fingerprint density at radius 1 is 1.00 bits per heavy atom. The van der Waals surface area contributed by atoms with Gasteiger partial charge in [0.1, 0.15) is 12.1 Å². The number of amides is 1. The van der Waals surface area contributed by atoms with Crippen molar-refractivity contribution in [1.29, 1.82) is 0 Å². The topological polar surface area (TPSA) is 120 Å². The quantitative estimate of drug-likeness (QED) is 0.245. The molecule has 2 aliphatic heterocycles. The number of cyclic esters (lactones) is 2. The van der Waals surface area contributed by atoms with Gasteiger partial charge in [0.25, 0.3) is 5.91 Å². The van der Waals surface area contributed by atoms with Crippen molar-refractivity contribution < 1.29 is 33.4 Å². The van der Waals surface area contributed by atoms with Crippen molar-refractivity contribution in [2.45, 2.75) is 103 Å². The number of nitrogens with zero attached hydrogens (tertiary/aromatic N) is 2. The van der Waals surface area contributed by atoms with Gasteiger partial charge in [0.15, 0.2) is 5.78 Å². The summed E-state index contributed by atoms with van der Waals surface area (Å²) in [6, 6.07) is 3.00. The number of aryl methyl sites for hydroxylation is 1. The van der Waals surface area contributed by atoms with E-state index in [2.05, 4.69) is 11.6 Å². The Labute approximate surface area is 266 Å². The Morgan fingerprint density at radius 3 is 2.56 bits per heavy atom. The van der Waals surface area contributed by atoms with Gasteiger partial charge in [-0.2, -0.15) is 0 Å². The van der Waals surface area contributed by atoms with E-state index in [0.29, 0.717) is 69.9 Å². The maximum absolute atomic E-state index is 13.7. The minimum absolute atomic E-state index is 0.00402. The molecule has 45 heavy (non-hydrogen) atoms. The largest absolute Gasteiger partial charge is 0.465 e. The third-order valence-electron chi connectivity index (χ3n) is 9.58. The lowest BCUT2D eigenvalue weighted by molar-refractivity contribution is -0.165. The van der Waals surface area contributed by atoms with E-state index in [4.69, 9.17) is 9.47 Å². The van der Waals surface area contributed by atoms with E-state index < -0.39 is 41.6 Å². The average molecular weight is 621 g/mol. The van der Waals surface area contributed by atoms with Crippen molar-refractivity contribution >= 4 is 29.4 Å². The van der Waals surface area contributed by atoms with E-state index >= 15 is 0 Å². The number of hydrogen-bond acceptors (Lipinski definition) is 8. The van der Waals surface area contributed by atoms with Crippen LogP contribution in [0.15, 0.2) is 48.8 Å². The lowest BCUT2D eigenvalue weighted by Crippen LogP contribution is -2.52. The summed E-state index contributed by atoms with van der Waals surface area (Å²) in [5.41, 5.74) is 1.70. The fraction of sp³-hybridized carbons (Fsp3) is 0.611. The Balaban J connectivity index is 1.59. The van der Waals surface area contributed by atoms with Crippen molar-refractivity contribution in [1.82, 2.24) is 9.88 Å². The molecule has 9 nitrogen and oxygen atoms in total. The molecule has 1 aromatic heterocycles. The van der Waals surface area contributed by atoms with Crippen molar-refractivity contribution in [3.8, 4) is 0 Å². The van der Waals surface area contributed by atoms with Crippen molar-refractivity contribution in [3.63, 3.8) is 0 Å². The first-order valence-corrected chi connectivity index (χ1v) is 16.6. The number of rotatable bonds is 5. The summed E-state index contributed by atoms with van der Waals surface area (Å²) >= 11 is 0. The molecule has 1 aliphatic carbocycles. The second kappa shape index (κ2) is 16.6. The van der Waals surface area contributed by atoms with Crippen LogP contribution in [-0.4, -0.2) is 64.6 Å². The number of Topliss-reactive ketones (excluding diaryl/α,β-unsaturated/α-hetero) is 2. The molecule has 0 N–H and O–H groups in total. The molecule has 2 fully saturated rings. The highest BCUT2D eigenvalue weighted by atomic mass is 16.5. The second-order valence-electron chi connectivity index (χ2n) is 13.0. The average Bonchev–Trinajstić information content (AvgIpc) is 3.55. The third kappa shape index (κ3) is 9.44. The SMILES string of the molecule is C=CCC1=CC(C)CCOC(=O)C2CC[C@@H](C2)C(=O)C(=O)N2CCCCC2C(=O)OC(CCc2cccnc2)C(C)CCC1=O. The van der Waals surface area contributed by atoms with Crippen molar-refractivity contribution in [3.05, 3.63) is 54.4 Å². The van der Waals surface area contributed by atoms with Gasteiger partial charge < -0.3 is 14.4 Å². The lowest BCUT2D eigenvalue weighted by atomic mass is 9.90. The number of carbonyl (C=O) groups excluding carboxylic acids is 5. The molecule has 0 spiro atoms. The number of piperidine rings is 1. The zero-order valence-corrected chi connectivity index (χ0v) is 26.8. The molecule has 3 aliphatic rings. The standard InChI is InChI=1S/C36H48N2O7/c1-4-8-27-21-24(2)17-20-44-35(42)29-14-13-28(22-29)33(40)34(41)38-19-6-5-10-30(38)36(43)45-32(25(3)11-15-31(27)39)16-12-26-9-7-18-37-23-26/h4,7,9,18,21,23-25,28-30,32H,1,5-6,8,10-17,19-20,22H2,2-3H3/t24?,25?,28-,29?,30?,32?/m0/s1. The number of aromatic nitrogens is 1. The van der Waals surface area contributed by atoms with Crippen LogP contribution in [0, 0.1) is 23.7 Å². The van der Waals surface area contributed by atoms with Gasteiger partial charge in [-0.15, -0.1) is 6.58 Å². The molecule has 1 amide bonds. The molecule has 1 saturated carbocycles. The van der Waals surface area contributed by atoms with Crippen molar-refractivity contribution in [2.24, 2.45) is 23.7 Å². The van der Waals surface area contributed by atoms with Gasteiger partial charge in [0, 0.05) is 31.3 Å². The van der Waals surface area contributed by atoms with E-state index in [1.807, 2.05) is 32.1 Å². The van der Waals surface area contributed by atoms with Gasteiger partial charge in [0.2, 0.25) is 5.78 Å². The molecule has 0 aromatic carbocycles. The Morgan fingerprint density at radius 2 is 1.80 bits per heavy atom. The number of hydrogen-bond donors (Lipinski definition) is 0. The lowest BCUT2D eigenvalue weighted by Gasteiger charge is -2.35. The van der Waals surface area contributed by atoms with Gasteiger partial charge in [-0.25, -0.2) is 4.79 Å². The summed E-state index contributed by atoms with van der Waals surface area (Å²) < 4.78 is 11.7. The molecule has 1 aromatic rings. The van der Waals surface area contributed by atoms with Crippen LogP contribution < -0.4 is 0 Å². The Hall–Kier alpha value is -3.62. The van der Waals surface area contributed by atoms with Crippen LogP contribution in [0.2, 0.25) is 0 Å². The highest BCUT2D eigenvalue weighted by Gasteiger charge is 2.42. The molecular weight excluding hydrogens is 572 g/mol. The third-order valence-corrected chi connectivity index (χ3v) is 9.58. The first-order valence-electron chi connectivity index (χ1n) is 16.6. The predicted octanol–water partition coefficient (Wildman–Crippen LogP) is 5.36. The fourth-order valence-electron chi connectivity index (χ4n) is 6.74. The summed E-state index contributed by atoms with van der Waals surface area (Å²) in [5.74, 6) is -3.17. The van der Waals surface area contributed by atoms with Crippen LogP contribution in [-0.2, 0) is 39.9 Å². The van der Waals surface area contributed by atoms with Crippen LogP contribution in [0.3, 0.4) is 0 Å². The minimum Gasteiger partial charge on any atom is -0.465 e. The highest BCUT2D eigenvalue weighted by molar-refractivity contribution is 6.37. The highest BCUT2D eigenvalue weighted by Crippen LogP contribution is 2.34. The number of esters is 2. The molecule has 244 valence electrons. The normalized spacial score (nSPS) is 29.6. The monoisotopic (exact) mass is 620 g/mol. The van der Waals surface area contributed by atoms with E-state index in [1.165, 1.54) is 4.90 Å². The zero-order chi connectivity index (χ0) is 32.3. The first-order chi connectivity index (χ1) is 21.7. The maximum atomic E-state index is 13.7. The molecule has 9 heteroatoms. The molecule has 2 bridgehead atoms. The van der Waals surface area contributed by atoms with E-state index in [1.54, 1.807) is 18.5 Å². The number of ether oxygens (including phenoxy) is 2. The van der Waals surface area contributed by atoms with E-state index in [-0.39, 0.29) is 43.0 Å². The second-order valence-corrected chi connectivity index (χ2v) is 13.0. The van der Waals surface area contributed by atoms with Crippen molar-refractivity contribution in [2.75, 3.05) is 13.2 Å². The molecular formula is C36H48N2O7. The van der Waals surface area contributed by atoms with Gasteiger partial charge in [-0.1, -0.05) is 32.1 Å². The summed E-state index contributed by atoms with van der Waals surface area (Å²) in [5, 5.41) is 0. The van der Waals surface area contributed by atoms with Crippen LogP contribution in [0.4, 0.5) is 0 Å². The van der Waals surface area contributed by atoms with Gasteiger partial charge in [0.05, 0.1) is 12.5 Å². The summed E-state index contributed by atoms with van der Waals surface area (Å²) in [4.78, 5) is 72.4. The first kappa shape index (κ1) is 34.3. The maximum Gasteiger partial charge on any atom is 0.329 e. The summed E-state index contributed by atoms with van der Waals surface area (Å²) in [6.45, 7) is 8.32. The predicted molar refractivity (Wildman–Crippen MR) is 169 cm³/mol. The summed E-state index contributed by atoms with van der Waals surface area (Å²) in [7, 11) is 0. The number of pyridine rings is 1. The van der Waals surface area contributed by atoms with Crippen LogP contribution >= 0.6 is 0 Å². The zero-order valence-electron chi connectivity index (χ0n) is 26.8. The van der Waals surface area contributed by atoms with Gasteiger partial charge in [-0.3, -0.25) is 24.2 Å². The van der Waals surface area contributed by atoms with Crippen LogP contribution in [0.1, 0.15) is 90.0 Å². The molecule has 0 radical (unpaired) electrons. The smallest absolute Gasteiger partial charge is 0.329 e. The minimum atomic E-state index is -0.843. The van der Waals surface area contributed by atoms with Gasteiger partial charge >= 0.3 is 11.9 Å². The van der Waals surface area contributed by atoms with E-state index in [0.717, 1.165) is 12.0 Å². The van der Waals surface area contributed by atoms with Crippen LogP contribution in [0.25, 0.3) is 0 Å². The number of carbonyl (C=O) groups is 5. The summed E-state index contributed by atoms with van der Waals surface area (Å²) in [6.07, 6.45) is 12.7. The molecule has 5 unspecified atom stereocenters. The number of ketones is 2. The fourth-order valence-corrected chi connectivity index (χ4v) is 6.74. The molecule has 3 heterocycles. The Bertz CT molecular complexity index is 1260. The molecule has 6 atom stereocenters. The molecule has 1 saturated heterocycles.